The molecule has 8 heteroatoms. The third kappa shape index (κ3) is 5.29. The van der Waals surface area contributed by atoms with Crippen molar-refractivity contribution in [2.24, 2.45) is 0 Å². The fourth-order valence-electron chi connectivity index (χ4n) is 2.74. The van der Waals surface area contributed by atoms with Gasteiger partial charge in [0.2, 0.25) is 5.91 Å². The Morgan fingerprint density at radius 3 is 2.24 bits per heavy atom. The van der Waals surface area contributed by atoms with Gasteiger partial charge in [0.15, 0.2) is 0 Å². The van der Waals surface area contributed by atoms with Gasteiger partial charge in [0.05, 0.1) is 10.6 Å². The molecule has 29 heavy (non-hydrogen) atoms. The van der Waals surface area contributed by atoms with Gasteiger partial charge in [-0.2, -0.15) is 0 Å². The zero-order valence-electron chi connectivity index (χ0n) is 15.5. The van der Waals surface area contributed by atoms with Crippen LogP contribution in [0.3, 0.4) is 0 Å². The Morgan fingerprint density at radius 1 is 1.00 bits per heavy atom. The van der Waals surface area contributed by atoms with Gasteiger partial charge in [0, 0.05) is 14.3 Å². The maximum absolute atomic E-state index is 13.3. The van der Waals surface area contributed by atoms with E-state index in [9.17, 15) is 13.2 Å². The number of carbonyl (C=O) groups is 1. The van der Waals surface area contributed by atoms with Crippen LogP contribution in [0.4, 0.5) is 11.4 Å². The Hall–Kier alpha value is -2.10. The van der Waals surface area contributed by atoms with Crippen LogP contribution >= 0.6 is 34.2 Å². The highest BCUT2D eigenvalue weighted by Crippen LogP contribution is 2.27. The highest BCUT2D eigenvalue weighted by Gasteiger charge is 2.28. The number of nitrogens with one attached hydrogen (secondary N) is 1. The van der Waals surface area contributed by atoms with Crippen LogP contribution in [0.2, 0.25) is 5.02 Å². The maximum Gasteiger partial charge on any atom is 0.264 e. The van der Waals surface area contributed by atoms with Gasteiger partial charge in [-0.05, 0) is 89.7 Å². The lowest BCUT2D eigenvalue weighted by atomic mass is 10.2. The maximum atomic E-state index is 13.3. The number of hydrogen-bond acceptors (Lipinski definition) is 3. The van der Waals surface area contributed by atoms with E-state index in [0.29, 0.717) is 16.4 Å². The minimum atomic E-state index is -3.97. The Balaban J connectivity index is 1.95. The summed E-state index contributed by atoms with van der Waals surface area (Å²) < 4.78 is 28.8. The molecule has 1 amide bonds. The molecule has 0 unspecified atom stereocenters. The number of rotatable bonds is 6. The van der Waals surface area contributed by atoms with Crippen molar-refractivity contribution in [3.63, 3.8) is 0 Å². The summed E-state index contributed by atoms with van der Waals surface area (Å²) in [4.78, 5) is 12.7. The van der Waals surface area contributed by atoms with Crippen molar-refractivity contribution in [2.45, 2.75) is 11.8 Å². The number of sulfonamides is 1. The van der Waals surface area contributed by atoms with Gasteiger partial charge in [-0.3, -0.25) is 9.10 Å². The molecule has 3 aromatic rings. The molecule has 0 radical (unpaired) electrons. The van der Waals surface area contributed by atoms with Gasteiger partial charge in [-0.15, -0.1) is 0 Å². The predicted octanol–water partition coefficient (Wildman–Crippen LogP) is 5.09. The first-order chi connectivity index (χ1) is 13.8. The summed E-state index contributed by atoms with van der Waals surface area (Å²) in [5, 5.41) is 3.19. The zero-order valence-corrected chi connectivity index (χ0v) is 19.2. The van der Waals surface area contributed by atoms with Gasteiger partial charge >= 0.3 is 0 Å². The molecule has 0 bridgehead atoms. The summed E-state index contributed by atoms with van der Waals surface area (Å²) in [5.74, 6) is -0.438. The number of hydrogen-bond donors (Lipinski definition) is 1. The SMILES string of the molecule is Cc1ccccc1N(CC(=O)Nc1ccc(I)cc1)S(=O)(=O)c1ccc(Cl)cc1. The smallest absolute Gasteiger partial charge is 0.264 e. The lowest BCUT2D eigenvalue weighted by Crippen LogP contribution is -2.38. The molecule has 0 aliphatic carbocycles. The van der Waals surface area contributed by atoms with Gasteiger partial charge in [0.25, 0.3) is 10.0 Å². The molecule has 0 heterocycles. The molecule has 0 saturated carbocycles. The van der Waals surface area contributed by atoms with Crippen molar-refractivity contribution < 1.29 is 13.2 Å². The highest BCUT2D eigenvalue weighted by molar-refractivity contribution is 14.1. The molecule has 0 atom stereocenters. The van der Waals surface area contributed by atoms with E-state index in [-0.39, 0.29) is 11.4 Å². The summed E-state index contributed by atoms with van der Waals surface area (Å²) in [5.41, 5.74) is 1.79. The van der Waals surface area contributed by atoms with Crippen molar-refractivity contribution in [3.05, 3.63) is 87.0 Å². The summed E-state index contributed by atoms with van der Waals surface area (Å²) in [6.07, 6.45) is 0. The summed E-state index contributed by atoms with van der Waals surface area (Å²) in [6.45, 7) is 1.44. The van der Waals surface area contributed by atoms with E-state index in [1.54, 1.807) is 37.3 Å². The van der Waals surface area contributed by atoms with Crippen LogP contribution in [0, 0.1) is 10.5 Å². The Bertz CT molecular complexity index is 1120. The van der Waals surface area contributed by atoms with Crippen LogP contribution in [0.15, 0.2) is 77.7 Å². The number of benzene rings is 3. The van der Waals surface area contributed by atoms with E-state index in [0.717, 1.165) is 13.4 Å². The van der Waals surface area contributed by atoms with E-state index in [2.05, 4.69) is 27.9 Å². The first kappa shape index (κ1) is 21.6. The van der Waals surface area contributed by atoms with E-state index < -0.39 is 15.9 Å². The second kappa shape index (κ2) is 9.15. The monoisotopic (exact) mass is 540 g/mol. The zero-order chi connectivity index (χ0) is 21.0. The van der Waals surface area contributed by atoms with Gasteiger partial charge in [-0.1, -0.05) is 29.8 Å². The molecule has 0 aliphatic heterocycles. The van der Waals surface area contributed by atoms with Gasteiger partial charge in [-0.25, -0.2) is 8.42 Å². The summed E-state index contributed by atoms with van der Waals surface area (Å²) >= 11 is 8.07. The molecule has 5 nitrogen and oxygen atoms in total. The third-order valence-corrected chi connectivity index (χ3v) is 6.95. The second-order valence-corrected chi connectivity index (χ2v) is 9.85. The van der Waals surface area contributed by atoms with Crippen LogP contribution in [-0.4, -0.2) is 20.9 Å². The van der Waals surface area contributed by atoms with Crippen molar-refractivity contribution in [1.29, 1.82) is 0 Å². The minimum Gasteiger partial charge on any atom is -0.325 e. The van der Waals surface area contributed by atoms with Gasteiger partial charge in [0.1, 0.15) is 6.54 Å². The molecule has 1 N–H and O–H groups in total. The first-order valence-electron chi connectivity index (χ1n) is 8.67. The third-order valence-electron chi connectivity index (χ3n) is 4.20. The number of carbonyl (C=O) groups excluding carboxylic acids is 1. The molecule has 0 saturated heterocycles. The average molecular weight is 541 g/mol. The fourth-order valence-corrected chi connectivity index (χ4v) is 4.71. The van der Waals surface area contributed by atoms with Crippen LogP contribution in [0.1, 0.15) is 5.56 Å². The quantitative estimate of drug-likeness (QED) is 0.443. The van der Waals surface area contributed by atoms with Crippen LogP contribution < -0.4 is 9.62 Å². The van der Waals surface area contributed by atoms with Crippen LogP contribution in [0.25, 0.3) is 0 Å². The Morgan fingerprint density at radius 2 is 1.62 bits per heavy atom. The number of amides is 1. The largest absolute Gasteiger partial charge is 0.325 e. The summed E-state index contributed by atoms with van der Waals surface area (Å²) in [7, 11) is -3.97. The van der Waals surface area contributed by atoms with Crippen molar-refractivity contribution in [3.8, 4) is 0 Å². The average Bonchev–Trinajstić information content (AvgIpc) is 2.69. The van der Waals surface area contributed by atoms with E-state index in [1.807, 2.05) is 18.2 Å². The Kier molecular flexibility index (Phi) is 6.81. The van der Waals surface area contributed by atoms with E-state index in [1.165, 1.54) is 24.3 Å². The topological polar surface area (TPSA) is 66.5 Å². The van der Waals surface area contributed by atoms with Crippen LogP contribution in [0.5, 0.6) is 0 Å². The minimum absolute atomic E-state index is 0.0622. The summed E-state index contributed by atoms with van der Waals surface area (Å²) in [6, 6.07) is 20.2. The molecule has 150 valence electrons. The standard InChI is InChI=1S/C21H18ClIN2O3S/c1-15-4-2-3-5-20(15)25(29(27,28)19-12-6-16(22)7-13-19)14-21(26)24-18-10-8-17(23)9-11-18/h2-13H,14H2,1H3,(H,24,26). The lowest BCUT2D eigenvalue weighted by molar-refractivity contribution is -0.114. The molecule has 0 fully saturated rings. The van der Waals surface area contributed by atoms with Gasteiger partial charge < -0.3 is 5.32 Å². The molecule has 0 aliphatic rings. The number of anilines is 2. The first-order valence-corrected chi connectivity index (χ1v) is 11.6. The van der Waals surface area contributed by atoms with E-state index in [4.69, 9.17) is 11.6 Å². The Labute approximate surface area is 188 Å². The van der Waals surface area contributed by atoms with Crippen LogP contribution in [-0.2, 0) is 14.8 Å². The van der Waals surface area contributed by atoms with Crippen molar-refractivity contribution in [1.82, 2.24) is 0 Å². The predicted molar refractivity (Wildman–Crippen MR) is 125 cm³/mol. The van der Waals surface area contributed by atoms with Crippen molar-refractivity contribution >= 4 is 61.5 Å². The lowest BCUT2D eigenvalue weighted by Gasteiger charge is -2.25. The molecule has 3 rings (SSSR count). The normalized spacial score (nSPS) is 11.1. The fraction of sp³-hybridized carbons (Fsp3) is 0.0952. The molecule has 3 aromatic carbocycles. The van der Waals surface area contributed by atoms with Crippen molar-refractivity contribution in [2.75, 3.05) is 16.2 Å². The van der Waals surface area contributed by atoms with E-state index >= 15 is 0 Å². The molecular formula is C21H18ClIN2O3S. The molecule has 0 aromatic heterocycles. The number of nitrogens with zero attached hydrogens (tertiary/aromatic N) is 1. The second-order valence-electron chi connectivity index (χ2n) is 6.31. The highest BCUT2D eigenvalue weighted by atomic mass is 127. The number of aryl methyl sites for hydroxylation is 1. The number of halogens is 2. The number of para-hydroxylation sites is 1. The molecular weight excluding hydrogens is 523 g/mol. The molecule has 0 spiro atoms.